The van der Waals surface area contributed by atoms with Crippen molar-refractivity contribution in [3.8, 4) is 11.8 Å². The van der Waals surface area contributed by atoms with Gasteiger partial charge in [-0.25, -0.2) is 0 Å². The van der Waals surface area contributed by atoms with Crippen molar-refractivity contribution in [3.05, 3.63) is 28.2 Å². The molecule has 0 amide bonds. The van der Waals surface area contributed by atoms with Crippen LogP contribution in [0.15, 0.2) is 22.7 Å². The van der Waals surface area contributed by atoms with Crippen molar-refractivity contribution >= 4 is 27.5 Å². The maximum absolute atomic E-state index is 8.87. The van der Waals surface area contributed by atoms with Gasteiger partial charge in [0, 0.05) is 10.4 Å². The summed E-state index contributed by atoms with van der Waals surface area (Å²) < 4.78 is 6.17. The number of nitriles is 1. The highest BCUT2D eigenvalue weighted by Crippen LogP contribution is 2.25. The largest absolute Gasteiger partial charge is 0.492 e. The molecule has 1 rings (SSSR count). The lowest BCUT2D eigenvalue weighted by molar-refractivity contribution is 0.317. The second-order valence-electron chi connectivity index (χ2n) is 2.62. The first kappa shape index (κ1) is 11.4. The Bertz CT molecular complexity index is 348. The fourth-order valence-electron chi connectivity index (χ4n) is 0.970. The summed E-state index contributed by atoms with van der Waals surface area (Å²) in [5.41, 5.74) is 0.530. The van der Waals surface area contributed by atoms with Gasteiger partial charge in [-0.2, -0.15) is 5.26 Å². The van der Waals surface area contributed by atoms with Crippen molar-refractivity contribution < 1.29 is 4.74 Å². The maximum Gasteiger partial charge on any atom is 0.138 e. The number of hydrogen-bond acceptors (Lipinski definition) is 2. The first-order valence-corrected chi connectivity index (χ1v) is 5.49. The van der Waals surface area contributed by atoms with Crippen LogP contribution in [0.2, 0.25) is 0 Å². The average Bonchev–Trinajstić information content (AvgIpc) is 2.18. The van der Waals surface area contributed by atoms with Crippen LogP contribution < -0.4 is 4.74 Å². The predicted molar refractivity (Wildman–Crippen MR) is 59.7 cm³/mol. The van der Waals surface area contributed by atoms with Crippen LogP contribution in [-0.2, 0) is 0 Å². The molecule has 0 bridgehead atoms. The SMILES string of the molecule is N#Cc1c(Br)cccc1OCCCCl. The monoisotopic (exact) mass is 273 g/mol. The van der Waals surface area contributed by atoms with Gasteiger partial charge in [-0.3, -0.25) is 0 Å². The topological polar surface area (TPSA) is 33.0 Å². The van der Waals surface area contributed by atoms with E-state index in [1.807, 2.05) is 12.1 Å². The molecule has 0 aliphatic carbocycles. The molecule has 1 aromatic rings. The van der Waals surface area contributed by atoms with Crippen molar-refractivity contribution in [2.45, 2.75) is 6.42 Å². The molecule has 0 saturated heterocycles. The van der Waals surface area contributed by atoms with E-state index in [1.54, 1.807) is 6.07 Å². The molecule has 0 aromatic heterocycles. The van der Waals surface area contributed by atoms with Crippen molar-refractivity contribution in [1.29, 1.82) is 5.26 Å². The van der Waals surface area contributed by atoms with Crippen LogP contribution in [0.5, 0.6) is 5.75 Å². The lowest BCUT2D eigenvalue weighted by atomic mass is 10.2. The van der Waals surface area contributed by atoms with E-state index >= 15 is 0 Å². The molecule has 2 nitrogen and oxygen atoms in total. The zero-order valence-electron chi connectivity index (χ0n) is 7.46. The molecule has 0 fully saturated rings. The van der Waals surface area contributed by atoms with Crippen LogP contribution in [0, 0.1) is 11.3 Å². The van der Waals surface area contributed by atoms with Gasteiger partial charge in [0.25, 0.3) is 0 Å². The van der Waals surface area contributed by atoms with Crippen LogP contribution in [0.4, 0.5) is 0 Å². The molecule has 0 heterocycles. The fourth-order valence-corrected chi connectivity index (χ4v) is 1.52. The Morgan fingerprint density at radius 3 is 2.93 bits per heavy atom. The van der Waals surface area contributed by atoms with Crippen molar-refractivity contribution in [2.75, 3.05) is 12.5 Å². The third-order valence-corrected chi connectivity index (χ3v) is 2.55. The van der Waals surface area contributed by atoms with Gasteiger partial charge in [-0.1, -0.05) is 6.07 Å². The molecule has 0 aliphatic rings. The molecule has 0 aliphatic heterocycles. The van der Waals surface area contributed by atoms with Gasteiger partial charge in [0.05, 0.1) is 6.61 Å². The Balaban J connectivity index is 2.76. The second-order valence-corrected chi connectivity index (χ2v) is 3.85. The first-order valence-electron chi connectivity index (χ1n) is 4.17. The lowest BCUT2D eigenvalue weighted by Gasteiger charge is -2.07. The summed E-state index contributed by atoms with van der Waals surface area (Å²) in [7, 11) is 0. The molecule has 0 atom stereocenters. The highest BCUT2D eigenvalue weighted by atomic mass is 79.9. The molecule has 4 heteroatoms. The quantitative estimate of drug-likeness (QED) is 0.623. The smallest absolute Gasteiger partial charge is 0.138 e. The number of alkyl halides is 1. The third kappa shape index (κ3) is 2.90. The molecule has 1 aromatic carbocycles. The molecular weight excluding hydrogens is 265 g/mol. The molecule has 74 valence electrons. The molecule has 0 radical (unpaired) electrons. The van der Waals surface area contributed by atoms with E-state index in [0.29, 0.717) is 23.8 Å². The number of nitrogens with zero attached hydrogens (tertiary/aromatic N) is 1. The van der Waals surface area contributed by atoms with Gasteiger partial charge in [-0.15, -0.1) is 11.6 Å². The summed E-state index contributed by atoms with van der Waals surface area (Å²) in [6.07, 6.45) is 0.777. The van der Waals surface area contributed by atoms with Gasteiger partial charge < -0.3 is 4.74 Å². The van der Waals surface area contributed by atoms with E-state index in [9.17, 15) is 0 Å². The highest BCUT2D eigenvalue weighted by molar-refractivity contribution is 9.10. The standard InChI is InChI=1S/C10H9BrClNO/c11-9-3-1-4-10(8(9)7-13)14-6-2-5-12/h1,3-4H,2,5-6H2. The zero-order chi connectivity index (χ0) is 10.4. The van der Waals surface area contributed by atoms with Crippen LogP contribution in [0.3, 0.4) is 0 Å². The molecule has 0 N–H and O–H groups in total. The van der Waals surface area contributed by atoms with E-state index in [2.05, 4.69) is 22.0 Å². The van der Waals surface area contributed by atoms with Crippen molar-refractivity contribution in [2.24, 2.45) is 0 Å². The number of benzene rings is 1. The Labute approximate surface area is 96.6 Å². The van der Waals surface area contributed by atoms with Crippen molar-refractivity contribution in [1.82, 2.24) is 0 Å². The normalized spacial score (nSPS) is 9.50. The Morgan fingerprint density at radius 2 is 2.29 bits per heavy atom. The van der Waals surface area contributed by atoms with E-state index in [1.165, 1.54) is 0 Å². The minimum Gasteiger partial charge on any atom is -0.492 e. The van der Waals surface area contributed by atoms with Gasteiger partial charge >= 0.3 is 0 Å². The second kappa shape index (κ2) is 5.90. The summed E-state index contributed by atoms with van der Waals surface area (Å²) in [6.45, 7) is 0.536. The van der Waals surface area contributed by atoms with Gasteiger partial charge in [-0.05, 0) is 34.5 Å². The minimum absolute atomic E-state index is 0.530. The summed E-state index contributed by atoms with van der Waals surface area (Å²) in [5, 5.41) is 8.87. The summed E-state index contributed by atoms with van der Waals surface area (Å²) in [5.74, 6) is 1.17. The number of rotatable bonds is 4. The van der Waals surface area contributed by atoms with Gasteiger partial charge in [0.2, 0.25) is 0 Å². The fraction of sp³-hybridized carbons (Fsp3) is 0.300. The zero-order valence-corrected chi connectivity index (χ0v) is 9.81. The minimum atomic E-state index is 0.530. The number of ether oxygens (including phenoxy) is 1. The first-order chi connectivity index (χ1) is 6.79. The summed E-state index contributed by atoms with van der Waals surface area (Å²) >= 11 is 8.81. The molecule has 14 heavy (non-hydrogen) atoms. The Morgan fingerprint density at radius 1 is 1.50 bits per heavy atom. The third-order valence-electron chi connectivity index (χ3n) is 1.62. The summed E-state index contributed by atoms with van der Waals surface area (Å²) in [4.78, 5) is 0. The van der Waals surface area contributed by atoms with Crippen LogP contribution in [0.1, 0.15) is 12.0 Å². The van der Waals surface area contributed by atoms with E-state index in [0.717, 1.165) is 10.9 Å². The Kier molecular flexibility index (Phi) is 4.78. The van der Waals surface area contributed by atoms with Crippen molar-refractivity contribution in [3.63, 3.8) is 0 Å². The van der Waals surface area contributed by atoms with Crippen LogP contribution in [0.25, 0.3) is 0 Å². The van der Waals surface area contributed by atoms with Crippen LogP contribution in [-0.4, -0.2) is 12.5 Å². The van der Waals surface area contributed by atoms with E-state index in [4.69, 9.17) is 21.6 Å². The molecular formula is C10H9BrClNO. The van der Waals surface area contributed by atoms with Gasteiger partial charge in [0.1, 0.15) is 17.4 Å². The van der Waals surface area contributed by atoms with Gasteiger partial charge in [0.15, 0.2) is 0 Å². The van der Waals surface area contributed by atoms with E-state index in [-0.39, 0.29) is 0 Å². The molecule has 0 saturated carbocycles. The summed E-state index contributed by atoms with van der Waals surface area (Å²) in [6, 6.07) is 7.51. The highest BCUT2D eigenvalue weighted by Gasteiger charge is 2.06. The molecule has 0 spiro atoms. The van der Waals surface area contributed by atoms with E-state index < -0.39 is 0 Å². The number of halogens is 2. The maximum atomic E-state index is 8.87. The lowest BCUT2D eigenvalue weighted by Crippen LogP contribution is -1.99. The molecule has 0 unspecified atom stereocenters. The van der Waals surface area contributed by atoms with Crippen LogP contribution >= 0.6 is 27.5 Å². The number of hydrogen-bond donors (Lipinski definition) is 0. The Hall–Kier alpha value is -0.720. The predicted octanol–water partition coefficient (Wildman–Crippen LogP) is 3.33. The average molecular weight is 275 g/mol.